The van der Waals surface area contributed by atoms with E-state index < -0.39 is 0 Å². The van der Waals surface area contributed by atoms with Crippen molar-refractivity contribution in [3.63, 3.8) is 0 Å². The van der Waals surface area contributed by atoms with Crippen molar-refractivity contribution in [2.75, 3.05) is 11.9 Å². The zero-order chi connectivity index (χ0) is 15.8. The van der Waals surface area contributed by atoms with Crippen molar-refractivity contribution in [3.05, 3.63) is 40.0 Å². The maximum atomic E-state index is 12.0. The number of hydrogen-bond acceptors (Lipinski definition) is 5. The Bertz CT molecular complexity index is 612. The number of amides is 1. The lowest BCUT2D eigenvalue weighted by Crippen LogP contribution is -2.15. The summed E-state index contributed by atoms with van der Waals surface area (Å²) in [7, 11) is 0. The van der Waals surface area contributed by atoms with Crippen LogP contribution in [0.1, 0.15) is 35.7 Å². The number of aromatic nitrogens is 2. The molecule has 2 heterocycles. The summed E-state index contributed by atoms with van der Waals surface area (Å²) in [5, 5.41) is 5.85. The summed E-state index contributed by atoms with van der Waals surface area (Å²) in [5.41, 5.74) is 7.18. The molecule has 0 saturated carbocycles. The van der Waals surface area contributed by atoms with Crippen LogP contribution in [-0.2, 0) is 17.6 Å². The number of hydrogen-bond donors (Lipinski definition) is 2. The highest BCUT2D eigenvalue weighted by molar-refractivity contribution is 7.09. The SMILES string of the molecule is Cc1cccc(NC(=O)Cc2csc(CCCCCN)n2)n1. The third-order valence-corrected chi connectivity index (χ3v) is 4.15. The Morgan fingerprint density at radius 1 is 1.27 bits per heavy atom. The molecule has 0 fully saturated rings. The van der Waals surface area contributed by atoms with Gasteiger partial charge >= 0.3 is 0 Å². The number of nitrogens with one attached hydrogen (secondary N) is 1. The summed E-state index contributed by atoms with van der Waals surface area (Å²) >= 11 is 1.62. The molecule has 0 aliphatic heterocycles. The molecule has 0 saturated heterocycles. The summed E-state index contributed by atoms with van der Waals surface area (Å²) in [4.78, 5) is 20.8. The maximum absolute atomic E-state index is 12.0. The third kappa shape index (κ3) is 5.54. The first-order valence-corrected chi connectivity index (χ1v) is 8.42. The number of carbonyl (C=O) groups excluding carboxylic acids is 1. The van der Waals surface area contributed by atoms with Crippen LogP contribution in [0.5, 0.6) is 0 Å². The van der Waals surface area contributed by atoms with Gasteiger partial charge in [0.05, 0.1) is 17.1 Å². The molecule has 0 aliphatic carbocycles. The number of nitrogens with zero attached hydrogens (tertiary/aromatic N) is 2. The fourth-order valence-electron chi connectivity index (χ4n) is 2.11. The van der Waals surface area contributed by atoms with E-state index in [1.54, 1.807) is 17.4 Å². The minimum Gasteiger partial charge on any atom is -0.330 e. The van der Waals surface area contributed by atoms with Crippen molar-refractivity contribution in [2.45, 2.75) is 39.0 Å². The summed E-state index contributed by atoms with van der Waals surface area (Å²) in [6, 6.07) is 5.56. The third-order valence-electron chi connectivity index (χ3n) is 3.19. The molecule has 2 aromatic heterocycles. The van der Waals surface area contributed by atoms with Gasteiger partial charge in [-0.05, 0) is 44.9 Å². The number of anilines is 1. The van der Waals surface area contributed by atoms with Gasteiger partial charge in [-0.25, -0.2) is 9.97 Å². The standard InChI is InChI=1S/C16H22N4OS/c1-12-6-5-7-14(18-12)20-15(21)10-13-11-22-16(19-13)8-3-2-4-9-17/h5-7,11H,2-4,8-10,17H2,1H3,(H,18,20,21). The van der Waals surface area contributed by atoms with Crippen molar-refractivity contribution >= 4 is 23.1 Å². The van der Waals surface area contributed by atoms with Crippen LogP contribution in [0.25, 0.3) is 0 Å². The molecule has 22 heavy (non-hydrogen) atoms. The van der Waals surface area contributed by atoms with Gasteiger partial charge in [0.25, 0.3) is 0 Å². The minimum absolute atomic E-state index is 0.0851. The quantitative estimate of drug-likeness (QED) is 0.733. The number of unbranched alkanes of at least 4 members (excludes halogenated alkanes) is 2. The molecule has 3 N–H and O–H groups in total. The van der Waals surface area contributed by atoms with Gasteiger partial charge in [-0.15, -0.1) is 11.3 Å². The Kier molecular flexibility index (Phi) is 6.48. The van der Waals surface area contributed by atoms with Gasteiger partial charge in [0.1, 0.15) is 5.82 Å². The van der Waals surface area contributed by atoms with Crippen LogP contribution in [0.2, 0.25) is 0 Å². The van der Waals surface area contributed by atoms with Crippen molar-refractivity contribution < 1.29 is 4.79 Å². The lowest BCUT2D eigenvalue weighted by Gasteiger charge is -2.03. The number of pyridine rings is 1. The van der Waals surface area contributed by atoms with Crippen molar-refractivity contribution in [1.29, 1.82) is 0 Å². The Hall–Kier alpha value is -1.79. The summed E-state index contributed by atoms with van der Waals surface area (Å²) < 4.78 is 0. The lowest BCUT2D eigenvalue weighted by molar-refractivity contribution is -0.115. The highest BCUT2D eigenvalue weighted by Crippen LogP contribution is 2.14. The number of carbonyl (C=O) groups is 1. The first kappa shape index (κ1) is 16.6. The van der Waals surface area contributed by atoms with E-state index in [1.165, 1.54) is 0 Å². The van der Waals surface area contributed by atoms with E-state index in [4.69, 9.17) is 5.73 Å². The van der Waals surface area contributed by atoms with Gasteiger partial charge in [0.2, 0.25) is 5.91 Å². The number of rotatable bonds is 8. The second-order valence-corrected chi connectivity index (χ2v) is 6.16. The van der Waals surface area contributed by atoms with Crippen LogP contribution in [0.4, 0.5) is 5.82 Å². The van der Waals surface area contributed by atoms with E-state index >= 15 is 0 Å². The zero-order valence-electron chi connectivity index (χ0n) is 12.8. The molecular weight excluding hydrogens is 296 g/mol. The number of nitrogens with two attached hydrogens (primary N) is 1. The monoisotopic (exact) mass is 318 g/mol. The molecule has 0 atom stereocenters. The molecular formula is C16H22N4OS. The summed E-state index contributed by atoms with van der Waals surface area (Å²) in [5.74, 6) is 0.500. The molecule has 1 amide bonds. The van der Waals surface area contributed by atoms with Gasteiger partial charge in [-0.3, -0.25) is 4.79 Å². The van der Waals surface area contributed by atoms with Crippen LogP contribution >= 0.6 is 11.3 Å². The maximum Gasteiger partial charge on any atom is 0.231 e. The first-order chi connectivity index (χ1) is 10.7. The molecule has 118 valence electrons. The topological polar surface area (TPSA) is 80.9 Å². The molecule has 5 nitrogen and oxygen atoms in total. The fraction of sp³-hybridized carbons (Fsp3) is 0.438. The van der Waals surface area contributed by atoms with E-state index in [0.717, 1.165) is 48.6 Å². The van der Waals surface area contributed by atoms with Crippen LogP contribution < -0.4 is 11.1 Å². The molecule has 0 bridgehead atoms. The smallest absolute Gasteiger partial charge is 0.231 e. The predicted molar refractivity (Wildman–Crippen MR) is 90.0 cm³/mol. The molecule has 0 aliphatic rings. The van der Waals surface area contributed by atoms with E-state index in [0.29, 0.717) is 5.82 Å². The Labute approximate surface area is 135 Å². The Morgan fingerprint density at radius 2 is 2.14 bits per heavy atom. The van der Waals surface area contributed by atoms with Gasteiger partial charge in [-0.1, -0.05) is 12.5 Å². The van der Waals surface area contributed by atoms with E-state index in [-0.39, 0.29) is 12.3 Å². The fourth-order valence-corrected chi connectivity index (χ4v) is 2.95. The molecule has 2 rings (SSSR count). The highest BCUT2D eigenvalue weighted by atomic mass is 32.1. The van der Waals surface area contributed by atoms with Crippen LogP contribution in [-0.4, -0.2) is 22.4 Å². The van der Waals surface area contributed by atoms with E-state index in [2.05, 4.69) is 15.3 Å². The zero-order valence-corrected chi connectivity index (χ0v) is 13.7. The predicted octanol–water partition coefficient (Wildman–Crippen LogP) is 2.70. The van der Waals surface area contributed by atoms with E-state index in [9.17, 15) is 4.79 Å². The largest absolute Gasteiger partial charge is 0.330 e. The highest BCUT2D eigenvalue weighted by Gasteiger charge is 2.08. The van der Waals surface area contributed by atoms with Gasteiger partial charge in [0.15, 0.2) is 0 Å². The van der Waals surface area contributed by atoms with Crippen molar-refractivity contribution in [2.24, 2.45) is 5.73 Å². The molecule has 0 unspecified atom stereocenters. The molecule has 0 spiro atoms. The van der Waals surface area contributed by atoms with Crippen LogP contribution in [0.3, 0.4) is 0 Å². The van der Waals surface area contributed by atoms with Gasteiger partial charge < -0.3 is 11.1 Å². The molecule has 0 radical (unpaired) electrons. The van der Waals surface area contributed by atoms with Crippen molar-refractivity contribution in [3.8, 4) is 0 Å². The van der Waals surface area contributed by atoms with Crippen molar-refractivity contribution in [1.82, 2.24) is 9.97 Å². The lowest BCUT2D eigenvalue weighted by atomic mass is 10.2. The second-order valence-electron chi connectivity index (χ2n) is 5.22. The van der Waals surface area contributed by atoms with Gasteiger partial charge in [-0.2, -0.15) is 0 Å². The number of aryl methyl sites for hydroxylation is 2. The summed E-state index contributed by atoms with van der Waals surface area (Å²) in [6.45, 7) is 2.64. The first-order valence-electron chi connectivity index (χ1n) is 7.54. The minimum atomic E-state index is -0.0851. The molecule has 6 heteroatoms. The molecule has 2 aromatic rings. The number of thiazole rings is 1. The van der Waals surface area contributed by atoms with E-state index in [1.807, 2.05) is 24.4 Å². The second kappa shape index (κ2) is 8.60. The van der Waals surface area contributed by atoms with Crippen LogP contribution in [0, 0.1) is 6.92 Å². The van der Waals surface area contributed by atoms with Gasteiger partial charge in [0, 0.05) is 11.1 Å². The van der Waals surface area contributed by atoms with Crippen LogP contribution in [0.15, 0.2) is 23.6 Å². The average Bonchev–Trinajstić information content (AvgIpc) is 2.91. The molecule has 0 aromatic carbocycles. The average molecular weight is 318 g/mol. The normalized spacial score (nSPS) is 10.6. The Balaban J connectivity index is 1.80. The Morgan fingerprint density at radius 3 is 2.91 bits per heavy atom. The summed E-state index contributed by atoms with van der Waals surface area (Å²) in [6.07, 6.45) is 4.54.